The summed E-state index contributed by atoms with van der Waals surface area (Å²) >= 11 is 1.87. The number of thioether (sulfide) groups is 1. The van der Waals surface area contributed by atoms with Gasteiger partial charge in [-0.2, -0.15) is 11.8 Å². The van der Waals surface area contributed by atoms with Crippen LogP contribution in [0.1, 0.15) is 37.4 Å². The molecule has 2 N–H and O–H groups in total. The van der Waals surface area contributed by atoms with Gasteiger partial charge in [-0.3, -0.25) is 0 Å². The van der Waals surface area contributed by atoms with Gasteiger partial charge in [-0.25, -0.2) is 0 Å². The van der Waals surface area contributed by atoms with Crippen LogP contribution in [0.5, 0.6) is 5.75 Å². The van der Waals surface area contributed by atoms with Crippen molar-refractivity contribution < 1.29 is 5.11 Å². The van der Waals surface area contributed by atoms with E-state index in [0.717, 1.165) is 17.5 Å². The van der Waals surface area contributed by atoms with E-state index >= 15 is 0 Å². The van der Waals surface area contributed by atoms with Crippen LogP contribution in [0, 0.1) is 6.92 Å². The summed E-state index contributed by atoms with van der Waals surface area (Å²) in [4.78, 5) is 0. The molecule has 0 saturated heterocycles. The van der Waals surface area contributed by atoms with Gasteiger partial charge in [-0.15, -0.1) is 0 Å². The molecule has 1 rings (SSSR count). The smallest absolute Gasteiger partial charge is 0.120 e. The Morgan fingerprint density at radius 3 is 2.65 bits per heavy atom. The molecule has 17 heavy (non-hydrogen) atoms. The van der Waals surface area contributed by atoms with Crippen molar-refractivity contribution in [3.63, 3.8) is 0 Å². The monoisotopic (exact) mass is 253 g/mol. The molecule has 0 fully saturated rings. The van der Waals surface area contributed by atoms with Gasteiger partial charge in [0.1, 0.15) is 5.75 Å². The molecule has 0 aliphatic carbocycles. The number of hydrogen-bond acceptors (Lipinski definition) is 3. The van der Waals surface area contributed by atoms with Crippen LogP contribution in [0.15, 0.2) is 18.2 Å². The minimum Gasteiger partial charge on any atom is -0.508 e. The summed E-state index contributed by atoms with van der Waals surface area (Å²) in [5, 5.41) is 13.4. The van der Waals surface area contributed by atoms with Crippen molar-refractivity contribution in [2.24, 2.45) is 0 Å². The Morgan fingerprint density at radius 1 is 1.35 bits per heavy atom. The molecule has 0 aromatic heterocycles. The van der Waals surface area contributed by atoms with Crippen molar-refractivity contribution >= 4 is 11.8 Å². The molecular formula is C14H23NOS. The Balaban J connectivity index is 2.60. The SMILES string of the molecule is CSCCC(C)NC(C)c1ccc(C)cc1O. The molecule has 0 spiro atoms. The van der Waals surface area contributed by atoms with E-state index in [1.165, 1.54) is 5.75 Å². The van der Waals surface area contributed by atoms with Crippen LogP contribution in [0.3, 0.4) is 0 Å². The molecule has 3 heteroatoms. The van der Waals surface area contributed by atoms with Crippen LogP contribution in [-0.2, 0) is 0 Å². The fourth-order valence-corrected chi connectivity index (χ4v) is 2.50. The predicted octanol–water partition coefficient (Wildman–Crippen LogP) is 3.49. The Kier molecular flexibility index (Phi) is 5.86. The normalized spacial score (nSPS) is 14.6. The van der Waals surface area contributed by atoms with E-state index in [-0.39, 0.29) is 6.04 Å². The molecule has 0 radical (unpaired) electrons. The van der Waals surface area contributed by atoms with Crippen LogP contribution in [-0.4, -0.2) is 23.2 Å². The van der Waals surface area contributed by atoms with E-state index in [4.69, 9.17) is 0 Å². The molecule has 1 aromatic rings. The summed E-state index contributed by atoms with van der Waals surface area (Å²) in [6.07, 6.45) is 3.28. The first kappa shape index (κ1) is 14.4. The second kappa shape index (κ2) is 6.92. The fraction of sp³-hybridized carbons (Fsp3) is 0.571. The maximum Gasteiger partial charge on any atom is 0.120 e. The number of phenols is 1. The van der Waals surface area contributed by atoms with Crippen molar-refractivity contribution in [1.29, 1.82) is 0 Å². The molecule has 0 bridgehead atoms. The van der Waals surface area contributed by atoms with Crippen LogP contribution in [0.25, 0.3) is 0 Å². The third-order valence-electron chi connectivity index (χ3n) is 2.94. The second-order valence-corrected chi connectivity index (χ2v) is 5.62. The van der Waals surface area contributed by atoms with E-state index in [1.54, 1.807) is 0 Å². The van der Waals surface area contributed by atoms with E-state index in [1.807, 2.05) is 36.9 Å². The number of rotatable bonds is 6. The number of aromatic hydroxyl groups is 1. The average molecular weight is 253 g/mol. The summed E-state index contributed by atoms with van der Waals surface area (Å²) in [6, 6.07) is 6.52. The van der Waals surface area contributed by atoms with Crippen molar-refractivity contribution in [2.45, 2.75) is 39.3 Å². The first-order chi connectivity index (χ1) is 8.04. The molecule has 0 heterocycles. The maximum absolute atomic E-state index is 9.91. The second-order valence-electron chi connectivity index (χ2n) is 4.63. The molecule has 0 aliphatic heterocycles. The number of hydrogen-bond donors (Lipinski definition) is 2. The van der Waals surface area contributed by atoms with Gasteiger partial charge in [0.15, 0.2) is 0 Å². The number of benzene rings is 1. The first-order valence-corrected chi connectivity index (χ1v) is 7.48. The summed E-state index contributed by atoms with van der Waals surface area (Å²) in [5.41, 5.74) is 2.07. The lowest BCUT2D eigenvalue weighted by Gasteiger charge is -2.21. The number of phenolic OH excluding ortho intramolecular Hbond substituents is 1. The van der Waals surface area contributed by atoms with Gasteiger partial charge >= 0.3 is 0 Å². The standard InChI is InChI=1S/C14H23NOS/c1-10-5-6-13(14(16)9-10)12(3)15-11(2)7-8-17-4/h5-6,9,11-12,15-16H,7-8H2,1-4H3. The van der Waals surface area contributed by atoms with Crippen LogP contribution in [0.2, 0.25) is 0 Å². The zero-order valence-corrected chi connectivity index (χ0v) is 12.0. The van der Waals surface area contributed by atoms with Gasteiger partial charge in [0.2, 0.25) is 0 Å². The molecular weight excluding hydrogens is 230 g/mol. The van der Waals surface area contributed by atoms with Gasteiger partial charge in [-0.05, 0) is 50.8 Å². The van der Waals surface area contributed by atoms with Gasteiger partial charge in [-0.1, -0.05) is 12.1 Å². The first-order valence-electron chi connectivity index (χ1n) is 6.09. The van der Waals surface area contributed by atoms with Crippen molar-refractivity contribution in [3.05, 3.63) is 29.3 Å². The van der Waals surface area contributed by atoms with Crippen LogP contribution < -0.4 is 5.32 Å². The minimum atomic E-state index is 0.187. The summed E-state index contributed by atoms with van der Waals surface area (Å²) in [5.74, 6) is 1.56. The Hall–Kier alpha value is -0.670. The van der Waals surface area contributed by atoms with Crippen molar-refractivity contribution in [1.82, 2.24) is 5.32 Å². The molecule has 0 saturated carbocycles. The van der Waals surface area contributed by atoms with Crippen LogP contribution in [0.4, 0.5) is 0 Å². The van der Waals surface area contributed by atoms with E-state index in [9.17, 15) is 5.11 Å². The Labute approximate surface area is 109 Å². The van der Waals surface area contributed by atoms with Crippen molar-refractivity contribution in [2.75, 3.05) is 12.0 Å². The topological polar surface area (TPSA) is 32.3 Å². The van der Waals surface area contributed by atoms with Gasteiger partial charge in [0, 0.05) is 17.6 Å². The Morgan fingerprint density at radius 2 is 2.06 bits per heavy atom. The Bertz CT molecular complexity index is 354. The summed E-state index contributed by atoms with van der Waals surface area (Å²) in [6.45, 7) is 6.28. The lowest BCUT2D eigenvalue weighted by atomic mass is 10.0. The largest absolute Gasteiger partial charge is 0.508 e. The zero-order valence-electron chi connectivity index (χ0n) is 11.2. The molecule has 2 nitrogen and oxygen atoms in total. The molecule has 96 valence electrons. The molecule has 2 atom stereocenters. The zero-order chi connectivity index (χ0) is 12.8. The minimum absolute atomic E-state index is 0.187. The van der Waals surface area contributed by atoms with Crippen molar-refractivity contribution in [3.8, 4) is 5.75 Å². The highest BCUT2D eigenvalue weighted by Crippen LogP contribution is 2.25. The quantitative estimate of drug-likeness (QED) is 0.814. The fourth-order valence-electron chi connectivity index (χ4n) is 1.91. The van der Waals surface area contributed by atoms with Gasteiger partial charge in [0.25, 0.3) is 0 Å². The lowest BCUT2D eigenvalue weighted by molar-refractivity contribution is 0.431. The van der Waals surface area contributed by atoms with Crippen LogP contribution >= 0.6 is 11.8 Å². The van der Waals surface area contributed by atoms with E-state index in [2.05, 4.69) is 25.4 Å². The molecule has 1 aromatic carbocycles. The maximum atomic E-state index is 9.91. The molecule has 2 unspecified atom stereocenters. The highest BCUT2D eigenvalue weighted by Gasteiger charge is 2.12. The molecule has 0 aliphatic rings. The highest BCUT2D eigenvalue weighted by atomic mass is 32.2. The predicted molar refractivity (Wildman–Crippen MR) is 76.9 cm³/mol. The summed E-state index contributed by atoms with van der Waals surface area (Å²) in [7, 11) is 0. The lowest BCUT2D eigenvalue weighted by Crippen LogP contribution is -2.29. The van der Waals surface area contributed by atoms with E-state index in [0.29, 0.717) is 11.8 Å². The molecule has 0 amide bonds. The number of aryl methyl sites for hydroxylation is 1. The van der Waals surface area contributed by atoms with E-state index < -0.39 is 0 Å². The third-order valence-corrected chi connectivity index (χ3v) is 3.59. The highest BCUT2D eigenvalue weighted by molar-refractivity contribution is 7.98. The average Bonchev–Trinajstić information content (AvgIpc) is 2.26. The van der Waals surface area contributed by atoms with Gasteiger partial charge < -0.3 is 10.4 Å². The number of nitrogens with one attached hydrogen (secondary N) is 1. The summed E-state index contributed by atoms with van der Waals surface area (Å²) < 4.78 is 0. The van der Waals surface area contributed by atoms with Gasteiger partial charge in [0.05, 0.1) is 0 Å². The third kappa shape index (κ3) is 4.60.